The first kappa shape index (κ1) is 12.6. The van der Waals surface area contributed by atoms with E-state index in [0.29, 0.717) is 22.0 Å². The normalized spacial score (nSPS) is 10.9. The van der Waals surface area contributed by atoms with Crippen LogP contribution < -0.4 is 10.5 Å². The maximum Gasteiger partial charge on any atom is 0.387 e. The van der Waals surface area contributed by atoms with Crippen molar-refractivity contribution in [3.63, 3.8) is 0 Å². The van der Waals surface area contributed by atoms with Crippen molar-refractivity contribution < 1.29 is 13.5 Å². The molecule has 4 nitrogen and oxygen atoms in total. The van der Waals surface area contributed by atoms with Gasteiger partial charge < -0.3 is 10.5 Å². The molecular weight excluding hydrogens is 264 g/mol. The lowest BCUT2D eigenvalue weighted by Crippen LogP contribution is -2.05. The van der Waals surface area contributed by atoms with Gasteiger partial charge >= 0.3 is 6.61 Å². The summed E-state index contributed by atoms with van der Waals surface area (Å²) in [5, 5.41) is 4.34. The fourth-order valence-electron chi connectivity index (χ4n) is 1.67. The number of alkyl halides is 2. The molecule has 0 aliphatic rings. The number of ether oxygens (including phenoxy) is 1. The van der Waals surface area contributed by atoms with Crippen molar-refractivity contribution >= 4 is 17.3 Å². The molecule has 0 saturated carbocycles. The Hall–Kier alpha value is -1.82. The molecule has 2 rings (SSSR count). The van der Waals surface area contributed by atoms with Crippen LogP contribution in [-0.4, -0.2) is 16.4 Å². The number of aryl methyl sites for hydroxylation is 1. The zero-order chi connectivity index (χ0) is 13.3. The number of aromatic nitrogens is 2. The van der Waals surface area contributed by atoms with Gasteiger partial charge in [0.25, 0.3) is 0 Å². The molecule has 0 fully saturated rings. The summed E-state index contributed by atoms with van der Waals surface area (Å²) >= 11 is 5.86. The molecule has 0 atom stereocenters. The average molecular weight is 274 g/mol. The number of hydrogen-bond acceptors (Lipinski definition) is 3. The van der Waals surface area contributed by atoms with E-state index in [1.807, 2.05) is 0 Å². The van der Waals surface area contributed by atoms with Gasteiger partial charge in [0.05, 0.1) is 17.6 Å². The van der Waals surface area contributed by atoms with Crippen molar-refractivity contribution in [2.75, 3.05) is 5.73 Å². The molecule has 2 aromatic rings. The molecule has 1 heterocycles. The van der Waals surface area contributed by atoms with Gasteiger partial charge in [-0.3, -0.25) is 4.68 Å². The number of nitrogen functional groups attached to an aromatic ring is 1. The second-order valence-corrected chi connectivity index (χ2v) is 4.03. The van der Waals surface area contributed by atoms with Crippen LogP contribution in [0.15, 0.2) is 24.4 Å². The first-order valence-electron chi connectivity index (χ1n) is 5.01. The van der Waals surface area contributed by atoms with Crippen LogP contribution in [0.2, 0.25) is 5.02 Å². The minimum Gasteiger partial charge on any atom is -0.434 e. The van der Waals surface area contributed by atoms with Crippen LogP contribution in [0.5, 0.6) is 5.75 Å². The summed E-state index contributed by atoms with van der Waals surface area (Å²) in [6.07, 6.45) is 1.43. The number of halogens is 3. The summed E-state index contributed by atoms with van der Waals surface area (Å²) in [7, 11) is 1.65. The van der Waals surface area contributed by atoms with Gasteiger partial charge in [0.1, 0.15) is 5.75 Å². The molecule has 1 aromatic carbocycles. The molecule has 96 valence electrons. The zero-order valence-electron chi connectivity index (χ0n) is 9.40. The van der Waals surface area contributed by atoms with Gasteiger partial charge in [0.15, 0.2) is 0 Å². The first-order chi connectivity index (χ1) is 8.49. The topological polar surface area (TPSA) is 53.1 Å². The highest BCUT2D eigenvalue weighted by molar-refractivity contribution is 6.31. The van der Waals surface area contributed by atoms with Crippen LogP contribution in [0.1, 0.15) is 0 Å². The lowest BCUT2D eigenvalue weighted by Gasteiger charge is -2.12. The highest BCUT2D eigenvalue weighted by Crippen LogP contribution is 2.36. The average Bonchev–Trinajstić information content (AvgIpc) is 2.61. The maximum atomic E-state index is 12.3. The van der Waals surface area contributed by atoms with E-state index in [4.69, 9.17) is 17.3 Å². The Bertz CT molecular complexity index is 552. The van der Waals surface area contributed by atoms with Crippen molar-refractivity contribution in [2.45, 2.75) is 6.61 Å². The number of hydrogen-bond donors (Lipinski definition) is 1. The summed E-state index contributed by atoms with van der Waals surface area (Å²) in [5.74, 6) is 0.00435. The molecule has 0 radical (unpaired) electrons. The summed E-state index contributed by atoms with van der Waals surface area (Å²) in [6.45, 7) is -2.92. The standard InChI is InChI=1S/C11H10ClF2N3O/c1-17-10(8(15)5-16-17)7-4-6(12)2-3-9(7)18-11(13)14/h2-5,11H,15H2,1H3. The van der Waals surface area contributed by atoms with E-state index in [1.165, 1.54) is 29.1 Å². The number of anilines is 1. The predicted molar refractivity (Wildman–Crippen MR) is 64.7 cm³/mol. The smallest absolute Gasteiger partial charge is 0.387 e. The third-order valence-corrected chi connectivity index (χ3v) is 2.61. The van der Waals surface area contributed by atoms with E-state index in [1.54, 1.807) is 7.05 Å². The summed E-state index contributed by atoms with van der Waals surface area (Å²) in [4.78, 5) is 0. The molecule has 0 aliphatic heterocycles. The molecule has 0 saturated heterocycles. The van der Waals surface area contributed by atoms with Crippen LogP contribution >= 0.6 is 11.6 Å². The Labute approximate surface area is 107 Å². The Morgan fingerprint density at radius 2 is 2.17 bits per heavy atom. The van der Waals surface area contributed by atoms with E-state index in [0.717, 1.165) is 0 Å². The fraction of sp³-hybridized carbons (Fsp3) is 0.182. The lowest BCUT2D eigenvalue weighted by molar-refractivity contribution is -0.0494. The van der Waals surface area contributed by atoms with Gasteiger partial charge in [-0.2, -0.15) is 13.9 Å². The monoisotopic (exact) mass is 273 g/mol. The van der Waals surface area contributed by atoms with Gasteiger partial charge in [0, 0.05) is 17.6 Å². The molecule has 0 unspecified atom stereocenters. The molecule has 0 spiro atoms. The van der Waals surface area contributed by atoms with E-state index >= 15 is 0 Å². The zero-order valence-corrected chi connectivity index (χ0v) is 10.2. The van der Waals surface area contributed by atoms with Crippen molar-refractivity contribution in [2.24, 2.45) is 7.05 Å². The molecule has 7 heteroatoms. The molecule has 18 heavy (non-hydrogen) atoms. The summed E-state index contributed by atoms with van der Waals surface area (Å²) < 4.78 is 30.6. The van der Waals surface area contributed by atoms with Gasteiger partial charge in [-0.05, 0) is 18.2 Å². The number of nitrogens with zero attached hydrogens (tertiary/aromatic N) is 2. The van der Waals surface area contributed by atoms with Crippen molar-refractivity contribution in [3.05, 3.63) is 29.4 Å². The second-order valence-electron chi connectivity index (χ2n) is 3.59. The SMILES string of the molecule is Cn1ncc(N)c1-c1cc(Cl)ccc1OC(F)F. The molecule has 0 bridgehead atoms. The van der Waals surface area contributed by atoms with Crippen LogP contribution in [0.3, 0.4) is 0 Å². The largest absolute Gasteiger partial charge is 0.434 e. The van der Waals surface area contributed by atoms with E-state index in [-0.39, 0.29) is 5.75 Å². The number of benzene rings is 1. The van der Waals surface area contributed by atoms with Crippen LogP contribution in [-0.2, 0) is 7.05 Å². The lowest BCUT2D eigenvalue weighted by atomic mass is 10.1. The van der Waals surface area contributed by atoms with E-state index < -0.39 is 6.61 Å². The van der Waals surface area contributed by atoms with Gasteiger partial charge in [0.2, 0.25) is 0 Å². The van der Waals surface area contributed by atoms with Gasteiger partial charge in [-0.25, -0.2) is 0 Å². The van der Waals surface area contributed by atoms with E-state index in [2.05, 4.69) is 9.84 Å². The number of nitrogens with two attached hydrogens (primary N) is 1. The molecule has 0 amide bonds. The Kier molecular flexibility index (Phi) is 3.38. The molecule has 1 aromatic heterocycles. The van der Waals surface area contributed by atoms with E-state index in [9.17, 15) is 8.78 Å². The van der Waals surface area contributed by atoms with Crippen molar-refractivity contribution in [1.82, 2.24) is 9.78 Å². The van der Waals surface area contributed by atoms with Gasteiger partial charge in [-0.15, -0.1) is 0 Å². The minimum absolute atomic E-state index is 0.00435. The Morgan fingerprint density at radius 1 is 1.44 bits per heavy atom. The molecule has 2 N–H and O–H groups in total. The van der Waals surface area contributed by atoms with Crippen molar-refractivity contribution in [3.8, 4) is 17.0 Å². The summed E-state index contributed by atoms with van der Waals surface area (Å²) in [5.41, 5.74) is 6.97. The van der Waals surface area contributed by atoms with Gasteiger partial charge in [-0.1, -0.05) is 11.6 Å². The molecular formula is C11H10ClF2N3O. The number of rotatable bonds is 3. The van der Waals surface area contributed by atoms with Crippen LogP contribution in [0, 0.1) is 0 Å². The highest BCUT2D eigenvalue weighted by atomic mass is 35.5. The van der Waals surface area contributed by atoms with Crippen LogP contribution in [0.25, 0.3) is 11.3 Å². The minimum atomic E-state index is -2.92. The Balaban J connectivity index is 2.58. The first-order valence-corrected chi connectivity index (χ1v) is 5.39. The van der Waals surface area contributed by atoms with Crippen molar-refractivity contribution in [1.29, 1.82) is 0 Å². The third kappa shape index (κ3) is 2.38. The second kappa shape index (κ2) is 4.81. The Morgan fingerprint density at radius 3 is 2.72 bits per heavy atom. The fourth-order valence-corrected chi connectivity index (χ4v) is 1.84. The third-order valence-electron chi connectivity index (χ3n) is 2.38. The maximum absolute atomic E-state index is 12.3. The summed E-state index contributed by atoms with van der Waals surface area (Å²) in [6, 6.07) is 4.35. The quantitative estimate of drug-likeness (QED) is 0.935. The highest BCUT2D eigenvalue weighted by Gasteiger charge is 2.16. The molecule has 0 aliphatic carbocycles. The predicted octanol–water partition coefficient (Wildman–Crippen LogP) is 2.92. The van der Waals surface area contributed by atoms with Crippen LogP contribution in [0.4, 0.5) is 14.5 Å².